The summed E-state index contributed by atoms with van der Waals surface area (Å²) in [6.07, 6.45) is 3.25. The van der Waals surface area contributed by atoms with Gasteiger partial charge in [-0.2, -0.15) is 5.10 Å². The molecule has 182 valence electrons. The highest BCUT2D eigenvalue weighted by atomic mass is 19.1. The molecule has 0 bridgehead atoms. The number of likely N-dealkylation sites (N-methyl/N-ethyl adjacent to an activating group) is 1. The van der Waals surface area contributed by atoms with Crippen LogP contribution in [-0.2, 0) is 13.5 Å². The lowest BCUT2D eigenvalue weighted by Crippen LogP contribution is -2.36. The number of Topliss-reactive ketones (excluding diaryl/α,β-unsaturated/α-hetero) is 1. The van der Waals surface area contributed by atoms with Crippen LogP contribution >= 0.6 is 0 Å². The van der Waals surface area contributed by atoms with Crippen molar-refractivity contribution in [3.05, 3.63) is 65.9 Å². The van der Waals surface area contributed by atoms with E-state index >= 15 is 0 Å². The predicted molar refractivity (Wildman–Crippen MR) is 132 cm³/mol. The van der Waals surface area contributed by atoms with Crippen molar-refractivity contribution in [2.24, 2.45) is 7.05 Å². The molecular weight excluding hydrogens is 449 g/mol. The standard InChI is InChI=1S/C26H28FN5O3/c1-26(2,34)15-31(3)24-16(9-10-20-17(24)14-29-32(20)4)13-21(33)19-11-12-28-25(30-19)23-18(27)7-6-8-22(23)35-5/h6-12,14,34H,13,15H2,1-5H3. The molecule has 0 radical (unpaired) electrons. The number of ketones is 1. The molecule has 2 aromatic heterocycles. The first-order valence-corrected chi connectivity index (χ1v) is 11.2. The lowest BCUT2D eigenvalue weighted by molar-refractivity contribution is 0.0886. The molecule has 1 N–H and O–H groups in total. The topological polar surface area (TPSA) is 93.4 Å². The molecule has 2 heterocycles. The summed E-state index contributed by atoms with van der Waals surface area (Å²) in [5.41, 5.74) is 1.83. The number of carbonyl (C=O) groups excluding carboxylic acids is 1. The minimum atomic E-state index is -0.944. The van der Waals surface area contributed by atoms with Crippen molar-refractivity contribution in [2.45, 2.75) is 25.9 Å². The summed E-state index contributed by atoms with van der Waals surface area (Å²) in [6, 6.07) is 9.77. The van der Waals surface area contributed by atoms with E-state index in [1.165, 1.54) is 31.5 Å². The molecule has 4 aromatic rings. The molecule has 0 saturated carbocycles. The monoisotopic (exact) mass is 477 g/mol. The first-order chi connectivity index (χ1) is 16.6. The second kappa shape index (κ2) is 9.42. The zero-order valence-electron chi connectivity index (χ0n) is 20.4. The third kappa shape index (κ3) is 5.00. The Morgan fingerprint density at radius 1 is 1.23 bits per heavy atom. The van der Waals surface area contributed by atoms with Crippen LogP contribution in [0.3, 0.4) is 0 Å². The van der Waals surface area contributed by atoms with Gasteiger partial charge in [-0.1, -0.05) is 12.1 Å². The van der Waals surface area contributed by atoms with E-state index in [0.29, 0.717) is 6.54 Å². The Morgan fingerprint density at radius 2 is 2.00 bits per heavy atom. The van der Waals surface area contributed by atoms with Crippen LogP contribution in [0, 0.1) is 5.82 Å². The Labute approximate surface area is 203 Å². The number of methoxy groups -OCH3 is 1. The van der Waals surface area contributed by atoms with Gasteiger partial charge in [0.2, 0.25) is 0 Å². The first kappa shape index (κ1) is 24.3. The van der Waals surface area contributed by atoms with Gasteiger partial charge in [0, 0.05) is 38.6 Å². The summed E-state index contributed by atoms with van der Waals surface area (Å²) in [7, 11) is 5.17. The zero-order valence-corrected chi connectivity index (χ0v) is 20.4. The van der Waals surface area contributed by atoms with E-state index in [4.69, 9.17) is 4.74 Å². The van der Waals surface area contributed by atoms with E-state index in [-0.39, 0.29) is 35.0 Å². The van der Waals surface area contributed by atoms with Crippen molar-refractivity contribution >= 4 is 22.4 Å². The molecule has 0 atom stereocenters. The number of nitrogens with zero attached hydrogens (tertiary/aromatic N) is 5. The van der Waals surface area contributed by atoms with Crippen molar-refractivity contribution in [1.82, 2.24) is 19.7 Å². The predicted octanol–water partition coefficient (Wildman–Crippen LogP) is 3.81. The fourth-order valence-corrected chi connectivity index (χ4v) is 4.30. The molecule has 0 saturated heterocycles. The van der Waals surface area contributed by atoms with Gasteiger partial charge in [-0.25, -0.2) is 14.4 Å². The number of anilines is 1. The van der Waals surface area contributed by atoms with Crippen LogP contribution in [0.2, 0.25) is 0 Å². The third-order valence-electron chi connectivity index (χ3n) is 5.70. The van der Waals surface area contributed by atoms with Gasteiger partial charge >= 0.3 is 0 Å². The summed E-state index contributed by atoms with van der Waals surface area (Å²) >= 11 is 0. The molecule has 0 amide bonds. The fraction of sp³-hybridized carbons (Fsp3) is 0.308. The average molecular weight is 478 g/mol. The largest absolute Gasteiger partial charge is 0.496 e. The van der Waals surface area contributed by atoms with Crippen molar-refractivity contribution in [3.8, 4) is 17.1 Å². The minimum absolute atomic E-state index is 0.0568. The maximum atomic E-state index is 14.6. The van der Waals surface area contributed by atoms with Crippen molar-refractivity contribution in [2.75, 3.05) is 25.6 Å². The fourth-order valence-electron chi connectivity index (χ4n) is 4.30. The Balaban J connectivity index is 1.72. The number of aromatic nitrogens is 4. The summed E-state index contributed by atoms with van der Waals surface area (Å²) in [5, 5.41) is 15.6. The van der Waals surface area contributed by atoms with Crippen LogP contribution in [0.1, 0.15) is 29.9 Å². The summed E-state index contributed by atoms with van der Waals surface area (Å²) in [6.45, 7) is 3.82. The number of carbonyl (C=O) groups is 1. The van der Waals surface area contributed by atoms with Gasteiger partial charge in [-0.15, -0.1) is 0 Å². The second-order valence-corrected chi connectivity index (χ2v) is 9.13. The molecule has 4 rings (SSSR count). The van der Waals surface area contributed by atoms with Crippen LogP contribution in [0.4, 0.5) is 10.1 Å². The molecule has 2 aromatic carbocycles. The van der Waals surface area contributed by atoms with Crippen molar-refractivity contribution in [3.63, 3.8) is 0 Å². The van der Waals surface area contributed by atoms with E-state index in [0.717, 1.165) is 22.2 Å². The summed E-state index contributed by atoms with van der Waals surface area (Å²) < 4.78 is 21.6. The SMILES string of the molecule is COc1cccc(F)c1-c1nccc(C(=O)Cc2ccc3c(cnn3C)c2N(C)CC(C)(C)O)n1. The van der Waals surface area contributed by atoms with Crippen molar-refractivity contribution in [1.29, 1.82) is 0 Å². The van der Waals surface area contributed by atoms with E-state index in [1.807, 2.05) is 31.1 Å². The number of halogens is 1. The third-order valence-corrected chi connectivity index (χ3v) is 5.70. The maximum absolute atomic E-state index is 14.6. The van der Waals surface area contributed by atoms with E-state index in [1.54, 1.807) is 30.8 Å². The Morgan fingerprint density at radius 3 is 2.71 bits per heavy atom. The molecule has 0 fully saturated rings. The molecule has 9 heteroatoms. The lowest BCUT2D eigenvalue weighted by Gasteiger charge is -2.29. The quantitative estimate of drug-likeness (QED) is 0.386. The van der Waals surface area contributed by atoms with E-state index in [2.05, 4.69) is 15.1 Å². The van der Waals surface area contributed by atoms with Gasteiger partial charge < -0.3 is 14.7 Å². The van der Waals surface area contributed by atoms with Crippen LogP contribution in [0.15, 0.2) is 48.8 Å². The van der Waals surface area contributed by atoms with Gasteiger partial charge in [0.05, 0.1) is 35.7 Å². The number of aliphatic hydroxyl groups is 1. The average Bonchev–Trinajstić information content (AvgIpc) is 3.18. The summed E-state index contributed by atoms with van der Waals surface area (Å²) in [4.78, 5) is 23.8. The van der Waals surface area contributed by atoms with Crippen LogP contribution in [0.5, 0.6) is 5.75 Å². The lowest BCUT2D eigenvalue weighted by atomic mass is 10.00. The highest BCUT2D eigenvalue weighted by molar-refractivity contribution is 6.00. The molecule has 0 aliphatic heterocycles. The normalized spacial score (nSPS) is 11.6. The van der Waals surface area contributed by atoms with Gasteiger partial charge in [0.1, 0.15) is 17.3 Å². The minimum Gasteiger partial charge on any atom is -0.496 e. The Hall–Kier alpha value is -3.85. The van der Waals surface area contributed by atoms with Crippen LogP contribution in [-0.4, -0.2) is 56.9 Å². The number of hydrogen-bond donors (Lipinski definition) is 1. The van der Waals surface area contributed by atoms with E-state index < -0.39 is 11.4 Å². The maximum Gasteiger partial charge on any atom is 0.185 e. The zero-order chi connectivity index (χ0) is 25.3. The van der Waals surface area contributed by atoms with Gasteiger partial charge in [-0.3, -0.25) is 9.48 Å². The number of fused-ring (bicyclic) bond motifs is 1. The van der Waals surface area contributed by atoms with Crippen LogP contribution < -0.4 is 9.64 Å². The Bertz CT molecular complexity index is 1390. The Kier molecular flexibility index (Phi) is 6.53. The molecule has 0 unspecified atom stereocenters. The molecule has 0 aliphatic carbocycles. The summed E-state index contributed by atoms with van der Waals surface area (Å²) in [5.74, 6) is -0.420. The number of rotatable bonds is 8. The molecular formula is C26H28FN5O3. The smallest absolute Gasteiger partial charge is 0.185 e. The number of ether oxygens (including phenoxy) is 1. The highest BCUT2D eigenvalue weighted by Crippen LogP contribution is 2.33. The highest BCUT2D eigenvalue weighted by Gasteiger charge is 2.23. The van der Waals surface area contributed by atoms with Gasteiger partial charge in [0.25, 0.3) is 0 Å². The molecule has 35 heavy (non-hydrogen) atoms. The number of benzene rings is 2. The molecule has 0 spiro atoms. The first-order valence-electron chi connectivity index (χ1n) is 11.2. The molecule has 0 aliphatic rings. The van der Waals surface area contributed by atoms with E-state index in [9.17, 15) is 14.3 Å². The van der Waals surface area contributed by atoms with Crippen molar-refractivity contribution < 1.29 is 19.0 Å². The van der Waals surface area contributed by atoms with Crippen LogP contribution in [0.25, 0.3) is 22.3 Å². The van der Waals surface area contributed by atoms with Gasteiger partial charge in [-0.05, 0) is 43.7 Å². The molecule has 8 nitrogen and oxygen atoms in total. The van der Waals surface area contributed by atoms with Gasteiger partial charge in [0.15, 0.2) is 11.6 Å². The number of aryl methyl sites for hydroxylation is 1. The number of hydrogen-bond acceptors (Lipinski definition) is 7. The second-order valence-electron chi connectivity index (χ2n) is 9.13.